The number of hydrogen-bond acceptors (Lipinski definition) is 4. The van der Waals surface area contributed by atoms with Gasteiger partial charge in [-0.3, -0.25) is 0 Å². The van der Waals surface area contributed by atoms with Crippen LogP contribution in [0.2, 0.25) is 0 Å². The van der Waals surface area contributed by atoms with Crippen LogP contribution in [0.25, 0.3) is 0 Å². The largest absolute Gasteiger partial charge is 0.397 e. The topological polar surface area (TPSA) is 63.4 Å². The van der Waals surface area contributed by atoms with Crippen LogP contribution in [0.1, 0.15) is 32.1 Å². The first kappa shape index (κ1) is 13.7. The van der Waals surface area contributed by atoms with Gasteiger partial charge in [0.05, 0.1) is 16.3 Å². The second kappa shape index (κ2) is 4.95. The Labute approximate surface area is 120 Å². The molecule has 1 aliphatic heterocycles. The average molecular weight is 294 g/mol. The van der Waals surface area contributed by atoms with E-state index >= 15 is 0 Å². The van der Waals surface area contributed by atoms with E-state index in [2.05, 4.69) is 4.90 Å². The van der Waals surface area contributed by atoms with Gasteiger partial charge in [0, 0.05) is 18.8 Å². The number of sulfone groups is 1. The van der Waals surface area contributed by atoms with E-state index in [1.165, 1.54) is 38.4 Å². The van der Waals surface area contributed by atoms with Crippen molar-refractivity contribution in [1.82, 2.24) is 0 Å². The molecule has 1 heterocycles. The fourth-order valence-corrected chi connectivity index (χ4v) is 4.39. The highest BCUT2D eigenvalue weighted by Gasteiger charge is 2.36. The van der Waals surface area contributed by atoms with Gasteiger partial charge in [0.25, 0.3) is 0 Å². The van der Waals surface area contributed by atoms with Gasteiger partial charge >= 0.3 is 0 Å². The summed E-state index contributed by atoms with van der Waals surface area (Å²) in [5.74, 6) is 0.790. The van der Waals surface area contributed by atoms with Crippen LogP contribution in [0.4, 0.5) is 11.4 Å². The predicted molar refractivity (Wildman–Crippen MR) is 81.7 cm³/mol. The van der Waals surface area contributed by atoms with E-state index < -0.39 is 9.84 Å². The fraction of sp³-hybridized carbons (Fsp3) is 0.600. The van der Waals surface area contributed by atoms with Gasteiger partial charge in [-0.05, 0) is 43.4 Å². The molecule has 0 radical (unpaired) electrons. The van der Waals surface area contributed by atoms with Crippen molar-refractivity contribution in [2.24, 2.45) is 5.92 Å². The lowest BCUT2D eigenvalue weighted by molar-refractivity contribution is 0.342. The first-order valence-corrected chi connectivity index (χ1v) is 9.22. The van der Waals surface area contributed by atoms with E-state index in [0.717, 1.165) is 18.2 Å². The van der Waals surface area contributed by atoms with Crippen molar-refractivity contribution >= 4 is 21.2 Å². The van der Waals surface area contributed by atoms with E-state index in [1.807, 2.05) is 6.07 Å². The van der Waals surface area contributed by atoms with Crippen molar-refractivity contribution in [3.05, 3.63) is 18.2 Å². The Hall–Kier alpha value is -1.23. The van der Waals surface area contributed by atoms with Crippen molar-refractivity contribution in [3.8, 4) is 0 Å². The predicted octanol–water partition coefficient (Wildman–Crippen LogP) is 2.44. The van der Waals surface area contributed by atoms with Gasteiger partial charge in [-0.15, -0.1) is 0 Å². The molecule has 2 aliphatic rings. The Morgan fingerprint density at radius 1 is 1.20 bits per heavy atom. The summed E-state index contributed by atoms with van der Waals surface area (Å²) in [7, 11) is -3.19. The van der Waals surface area contributed by atoms with Gasteiger partial charge in [-0.2, -0.15) is 0 Å². The molecule has 1 aromatic carbocycles. The van der Waals surface area contributed by atoms with Crippen LogP contribution in [0.5, 0.6) is 0 Å². The number of nitrogens with zero attached hydrogens (tertiary/aromatic N) is 1. The zero-order valence-corrected chi connectivity index (χ0v) is 12.7. The van der Waals surface area contributed by atoms with Gasteiger partial charge in [-0.1, -0.05) is 12.8 Å². The van der Waals surface area contributed by atoms with Gasteiger partial charge < -0.3 is 10.6 Å². The number of hydrogen-bond donors (Lipinski definition) is 1. The second-order valence-electron chi connectivity index (χ2n) is 6.09. The fourth-order valence-electron chi connectivity index (χ4n) is 3.73. The molecule has 3 rings (SSSR count). The Morgan fingerprint density at radius 3 is 2.65 bits per heavy atom. The number of rotatable bonds is 2. The van der Waals surface area contributed by atoms with Crippen LogP contribution in [0, 0.1) is 5.92 Å². The van der Waals surface area contributed by atoms with Crippen LogP contribution < -0.4 is 10.6 Å². The molecule has 1 aromatic rings. The number of benzene rings is 1. The van der Waals surface area contributed by atoms with E-state index in [1.54, 1.807) is 12.1 Å². The number of anilines is 2. The number of fused-ring (bicyclic) bond motifs is 1. The molecule has 1 aliphatic carbocycles. The minimum atomic E-state index is -3.19. The molecule has 2 fully saturated rings. The molecule has 0 bridgehead atoms. The molecular weight excluding hydrogens is 272 g/mol. The average Bonchev–Trinajstić information content (AvgIpc) is 2.81. The second-order valence-corrected chi connectivity index (χ2v) is 8.10. The molecule has 2 N–H and O–H groups in total. The van der Waals surface area contributed by atoms with Gasteiger partial charge in [0.2, 0.25) is 0 Å². The summed E-state index contributed by atoms with van der Waals surface area (Å²) in [6.07, 6.45) is 7.64. The summed E-state index contributed by atoms with van der Waals surface area (Å²) >= 11 is 0. The molecular formula is C15H22N2O2S. The summed E-state index contributed by atoms with van der Waals surface area (Å²) in [6.45, 7) is 1.04. The third-order valence-corrected chi connectivity index (χ3v) is 5.86. The first-order chi connectivity index (χ1) is 9.47. The quantitative estimate of drug-likeness (QED) is 0.851. The van der Waals surface area contributed by atoms with Crippen molar-refractivity contribution in [2.45, 2.75) is 43.0 Å². The summed E-state index contributed by atoms with van der Waals surface area (Å²) in [5, 5.41) is 0. The molecule has 1 saturated heterocycles. The van der Waals surface area contributed by atoms with Crippen molar-refractivity contribution < 1.29 is 8.42 Å². The summed E-state index contributed by atoms with van der Waals surface area (Å²) < 4.78 is 23.2. The van der Waals surface area contributed by atoms with Crippen molar-refractivity contribution in [2.75, 3.05) is 23.4 Å². The third-order valence-electron chi connectivity index (χ3n) is 4.75. The van der Waals surface area contributed by atoms with Gasteiger partial charge in [-0.25, -0.2) is 8.42 Å². The van der Waals surface area contributed by atoms with Crippen LogP contribution in [-0.4, -0.2) is 27.3 Å². The lowest BCUT2D eigenvalue weighted by atomic mass is 9.85. The molecule has 5 heteroatoms. The summed E-state index contributed by atoms with van der Waals surface area (Å²) in [4.78, 5) is 2.70. The smallest absolute Gasteiger partial charge is 0.175 e. The van der Waals surface area contributed by atoms with Crippen LogP contribution in [-0.2, 0) is 9.84 Å². The molecule has 4 nitrogen and oxygen atoms in total. The van der Waals surface area contributed by atoms with Crippen molar-refractivity contribution in [1.29, 1.82) is 0 Å². The van der Waals surface area contributed by atoms with Gasteiger partial charge in [0.1, 0.15) is 0 Å². The Bertz CT molecular complexity index is 612. The molecule has 2 atom stereocenters. The minimum Gasteiger partial charge on any atom is -0.397 e. The summed E-state index contributed by atoms with van der Waals surface area (Å²) in [6, 6.07) is 5.75. The lowest BCUT2D eigenvalue weighted by Crippen LogP contribution is -2.35. The number of nitrogens with two attached hydrogens (primary N) is 1. The minimum absolute atomic E-state index is 0.304. The maximum absolute atomic E-state index is 11.6. The van der Waals surface area contributed by atoms with Crippen LogP contribution in [0.3, 0.4) is 0 Å². The maximum Gasteiger partial charge on any atom is 0.175 e. The maximum atomic E-state index is 11.6. The van der Waals surface area contributed by atoms with E-state index in [4.69, 9.17) is 5.73 Å². The zero-order valence-electron chi connectivity index (χ0n) is 11.9. The molecule has 0 aromatic heterocycles. The monoisotopic (exact) mass is 294 g/mol. The molecule has 0 amide bonds. The normalized spacial score (nSPS) is 26.6. The van der Waals surface area contributed by atoms with Crippen LogP contribution in [0.15, 0.2) is 23.1 Å². The highest BCUT2D eigenvalue weighted by Crippen LogP contribution is 2.40. The first-order valence-electron chi connectivity index (χ1n) is 7.33. The highest BCUT2D eigenvalue weighted by atomic mass is 32.2. The molecule has 20 heavy (non-hydrogen) atoms. The Balaban J connectivity index is 1.91. The Kier molecular flexibility index (Phi) is 3.40. The van der Waals surface area contributed by atoms with E-state index in [0.29, 0.717) is 16.6 Å². The molecule has 0 spiro atoms. The van der Waals surface area contributed by atoms with Gasteiger partial charge in [0.15, 0.2) is 9.84 Å². The summed E-state index contributed by atoms with van der Waals surface area (Å²) in [5.41, 5.74) is 7.70. The standard InChI is InChI=1S/C15H22N2O2S/c1-20(18,19)12-6-7-15(13(16)10-12)17-9-8-11-4-2-3-5-14(11)17/h6-7,10-11,14H,2-5,8-9,16H2,1H3. The SMILES string of the molecule is CS(=O)(=O)c1ccc(N2CCC3CCCCC32)c(N)c1. The van der Waals surface area contributed by atoms with E-state index in [-0.39, 0.29) is 0 Å². The molecule has 110 valence electrons. The lowest BCUT2D eigenvalue weighted by Gasteiger charge is -2.33. The molecule has 2 unspecified atom stereocenters. The third kappa shape index (κ3) is 2.39. The highest BCUT2D eigenvalue weighted by molar-refractivity contribution is 7.90. The van der Waals surface area contributed by atoms with E-state index in [9.17, 15) is 8.42 Å². The van der Waals surface area contributed by atoms with Crippen LogP contribution >= 0.6 is 0 Å². The van der Waals surface area contributed by atoms with Crippen molar-refractivity contribution in [3.63, 3.8) is 0 Å². The number of nitrogen functional groups attached to an aromatic ring is 1. The molecule has 1 saturated carbocycles. The zero-order chi connectivity index (χ0) is 14.3. The Morgan fingerprint density at radius 2 is 1.95 bits per heavy atom.